The smallest absolute Gasteiger partial charge is 0.105 e. The van der Waals surface area contributed by atoms with Gasteiger partial charge >= 0.3 is 0 Å². The molecule has 15 heavy (non-hydrogen) atoms. The number of hydrogen-bond acceptors (Lipinski definition) is 2. The first-order chi connectivity index (χ1) is 7.15. The SMILES string of the molecule is CCCCC(O)C(O)c1cccc(C)c1. The minimum atomic E-state index is -0.753. The lowest BCUT2D eigenvalue weighted by atomic mass is 9.99. The van der Waals surface area contributed by atoms with E-state index >= 15 is 0 Å². The average molecular weight is 208 g/mol. The molecule has 0 bridgehead atoms. The molecular weight excluding hydrogens is 188 g/mol. The van der Waals surface area contributed by atoms with Crippen molar-refractivity contribution in [2.45, 2.75) is 45.3 Å². The van der Waals surface area contributed by atoms with Crippen molar-refractivity contribution in [3.05, 3.63) is 35.4 Å². The highest BCUT2D eigenvalue weighted by Gasteiger charge is 2.17. The molecule has 0 aliphatic carbocycles. The van der Waals surface area contributed by atoms with Crippen molar-refractivity contribution in [2.24, 2.45) is 0 Å². The molecule has 0 saturated heterocycles. The fourth-order valence-corrected chi connectivity index (χ4v) is 1.65. The van der Waals surface area contributed by atoms with Gasteiger partial charge < -0.3 is 10.2 Å². The Bertz CT molecular complexity index is 296. The minimum absolute atomic E-state index is 0.647. The van der Waals surface area contributed by atoms with Gasteiger partial charge in [0.05, 0.1) is 6.10 Å². The summed E-state index contributed by atoms with van der Waals surface area (Å²) in [6.07, 6.45) is 1.25. The minimum Gasteiger partial charge on any atom is -0.390 e. The van der Waals surface area contributed by atoms with E-state index in [2.05, 4.69) is 6.92 Å². The lowest BCUT2D eigenvalue weighted by Crippen LogP contribution is -2.18. The summed E-state index contributed by atoms with van der Waals surface area (Å²) in [4.78, 5) is 0. The Balaban J connectivity index is 2.62. The summed E-state index contributed by atoms with van der Waals surface area (Å²) in [5, 5.41) is 19.6. The second kappa shape index (κ2) is 5.89. The van der Waals surface area contributed by atoms with Gasteiger partial charge in [-0.2, -0.15) is 0 Å². The van der Waals surface area contributed by atoms with Crippen LogP contribution in [0, 0.1) is 6.92 Å². The number of benzene rings is 1. The van der Waals surface area contributed by atoms with Crippen molar-refractivity contribution in [2.75, 3.05) is 0 Å². The van der Waals surface area contributed by atoms with Gasteiger partial charge in [0.15, 0.2) is 0 Å². The Hall–Kier alpha value is -0.860. The monoisotopic (exact) mass is 208 g/mol. The van der Waals surface area contributed by atoms with Crippen LogP contribution in [0.15, 0.2) is 24.3 Å². The van der Waals surface area contributed by atoms with Crippen molar-refractivity contribution in [1.82, 2.24) is 0 Å². The number of aliphatic hydroxyl groups excluding tert-OH is 2. The van der Waals surface area contributed by atoms with Crippen molar-refractivity contribution >= 4 is 0 Å². The summed E-state index contributed by atoms with van der Waals surface area (Å²) in [6.45, 7) is 4.06. The second-order valence-corrected chi connectivity index (χ2v) is 4.07. The van der Waals surface area contributed by atoms with Crippen molar-refractivity contribution in [3.8, 4) is 0 Å². The zero-order valence-electron chi connectivity index (χ0n) is 9.48. The molecule has 0 radical (unpaired) electrons. The third-order valence-electron chi connectivity index (χ3n) is 2.60. The maximum Gasteiger partial charge on any atom is 0.105 e. The third-order valence-corrected chi connectivity index (χ3v) is 2.60. The van der Waals surface area contributed by atoms with E-state index in [1.165, 1.54) is 0 Å². The van der Waals surface area contributed by atoms with E-state index in [4.69, 9.17) is 0 Å². The number of hydrogen-bond donors (Lipinski definition) is 2. The predicted octanol–water partition coefficient (Wildman–Crippen LogP) is 2.58. The van der Waals surface area contributed by atoms with E-state index in [1.54, 1.807) is 0 Å². The number of rotatable bonds is 5. The van der Waals surface area contributed by atoms with Crippen LogP contribution < -0.4 is 0 Å². The van der Waals surface area contributed by atoms with Crippen LogP contribution in [0.25, 0.3) is 0 Å². The number of aryl methyl sites for hydroxylation is 1. The van der Waals surface area contributed by atoms with Crippen molar-refractivity contribution in [3.63, 3.8) is 0 Å². The molecule has 2 heteroatoms. The highest BCUT2D eigenvalue weighted by molar-refractivity contribution is 5.24. The molecule has 1 aromatic carbocycles. The molecule has 0 saturated carbocycles. The van der Waals surface area contributed by atoms with Crippen molar-refractivity contribution < 1.29 is 10.2 Å². The molecule has 0 amide bonds. The highest BCUT2D eigenvalue weighted by Crippen LogP contribution is 2.21. The van der Waals surface area contributed by atoms with Crippen LogP contribution in [-0.4, -0.2) is 16.3 Å². The molecule has 0 aliphatic heterocycles. The van der Waals surface area contributed by atoms with Gasteiger partial charge in [0.25, 0.3) is 0 Å². The fraction of sp³-hybridized carbons (Fsp3) is 0.538. The van der Waals surface area contributed by atoms with E-state index in [0.717, 1.165) is 24.0 Å². The average Bonchev–Trinajstić information content (AvgIpc) is 2.24. The van der Waals surface area contributed by atoms with E-state index in [0.29, 0.717) is 6.42 Å². The first-order valence-electron chi connectivity index (χ1n) is 5.58. The number of unbranched alkanes of at least 4 members (excludes halogenated alkanes) is 1. The topological polar surface area (TPSA) is 40.5 Å². The Kier molecular flexibility index (Phi) is 4.79. The first kappa shape index (κ1) is 12.2. The molecule has 1 rings (SSSR count). The van der Waals surface area contributed by atoms with Gasteiger partial charge in [-0.25, -0.2) is 0 Å². The molecule has 2 N–H and O–H groups in total. The van der Waals surface area contributed by atoms with Gasteiger partial charge in [-0.3, -0.25) is 0 Å². The normalized spacial score (nSPS) is 14.9. The predicted molar refractivity (Wildman–Crippen MR) is 61.7 cm³/mol. The quantitative estimate of drug-likeness (QED) is 0.780. The summed E-state index contributed by atoms with van der Waals surface area (Å²) in [6, 6.07) is 7.65. The van der Waals surface area contributed by atoms with Gasteiger partial charge in [-0.15, -0.1) is 0 Å². The number of aliphatic hydroxyl groups is 2. The van der Waals surface area contributed by atoms with Crippen LogP contribution in [0.3, 0.4) is 0 Å². The standard InChI is InChI=1S/C13H20O2/c1-3-4-8-12(14)13(15)11-7-5-6-10(2)9-11/h5-7,9,12-15H,3-4,8H2,1-2H3. The van der Waals surface area contributed by atoms with E-state index in [9.17, 15) is 10.2 Å². The van der Waals surface area contributed by atoms with E-state index in [-0.39, 0.29) is 0 Å². The Morgan fingerprint density at radius 3 is 2.60 bits per heavy atom. The summed E-state index contributed by atoms with van der Waals surface area (Å²) in [7, 11) is 0. The largest absolute Gasteiger partial charge is 0.390 e. The van der Waals surface area contributed by atoms with Crippen LogP contribution >= 0.6 is 0 Å². The molecule has 84 valence electrons. The van der Waals surface area contributed by atoms with Crippen LogP contribution in [-0.2, 0) is 0 Å². The van der Waals surface area contributed by atoms with Gasteiger partial charge in [0.2, 0.25) is 0 Å². The maximum absolute atomic E-state index is 9.89. The van der Waals surface area contributed by atoms with Crippen LogP contribution in [0.1, 0.15) is 43.4 Å². The Morgan fingerprint density at radius 2 is 2.00 bits per heavy atom. The second-order valence-electron chi connectivity index (χ2n) is 4.07. The van der Waals surface area contributed by atoms with Crippen molar-refractivity contribution in [1.29, 1.82) is 0 Å². The first-order valence-corrected chi connectivity index (χ1v) is 5.58. The van der Waals surface area contributed by atoms with Gasteiger partial charge in [0, 0.05) is 0 Å². The Labute approximate surface area is 91.6 Å². The summed E-state index contributed by atoms with van der Waals surface area (Å²) >= 11 is 0. The van der Waals surface area contributed by atoms with E-state index < -0.39 is 12.2 Å². The molecule has 0 aromatic heterocycles. The molecule has 0 spiro atoms. The molecule has 0 aliphatic rings. The zero-order chi connectivity index (χ0) is 11.3. The van der Waals surface area contributed by atoms with Gasteiger partial charge in [-0.05, 0) is 18.9 Å². The van der Waals surface area contributed by atoms with Crippen LogP contribution in [0.4, 0.5) is 0 Å². The molecule has 0 fully saturated rings. The highest BCUT2D eigenvalue weighted by atomic mass is 16.3. The summed E-state index contributed by atoms with van der Waals surface area (Å²) in [5.41, 5.74) is 1.91. The summed E-state index contributed by atoms with van der Waals surface area (Å²) < 4.78 is 0. The molecule has 2 atom stereocenters. The fourth-order valence-electron chi connectivity index (χ4n) is 1.65. The molecule has 2 nitrogen and oxygen atoms in total. The van der Waals surface area contributed by atoms with Gasteiger partial charge in [0.1, 0.15) is 6.10 Å². The van der Waals surface area contributed by atoms with Crippen LogP contribution in [0.5, 0.6) is 0 Å². The molecule has 1 aromatic rings. The molecule has 0 heterocycles. The zero-order valence-corrected chi connectivity index (χ0v) is 9.48. The summed E-state index contributed by atoms with van der Waals surface area (Å²) in [5.74, 6) is 0. The maximum atomic E-state index is 9.89. The van der Waals surface area contributed by atoms with Gasteiger partial charge in [-0.1, -0.05) is 49.6 Å². The van der Waals surface area contributed by atoms with Crippen LogP contribution in [0.2, 0.25) is 0 Å². The molecule has 2 unspecified atom stereocenters. The third kappa shape index (κ3) is 3.65. The van der Waals surface area contributed by atoms with E-state index in [1.807, 2.05) is 31.2 Å². The lowest BCUT2D eigenvalue weighted by Gasteiger charge is -2.18. The molecular formula is C13H20O2. The lowest BCUT2D eigenvalue weighted by molar-refractivity contribution is 0.0122. The Morgan fingerprint density at radius 1 is 1.27 bits per heavy atom.